The molecule has 4 rings (SSSR count). The fourth-order valence-electron chi connectivity index (χ4n) is 4.13. The topological polar surface area (TPSA) is 27.7 Å². The van der Waals surface area contributed by atoms with Crippen LogP contribution in [0, 0.1) is 0 Å². The lowest BCUT2D eigenvalue weighted by Crippen LogP contribution is -2.62. The van der Waals surface area contributed by atoms with Crippen LogP contribution < -0.4 is 16.4 Å². The lowest BCUT2D eigenvalue weighted by molar-refractivity contribution is 0.308. The number of rotatable bonds is 6. The smallest absolute Gasteiger partial charge is 0.445 e. The highest BCUT2D eigenvalue weighted by molar-refractivity contribution is 6.87. The Balaban J connectivity index is 1.76. The van der Waals surface area contributed by atoms with Crippen LogP contribution in [0.15, 0.2) is 72.8 Å². The van der Waals surface area contributed by atoms with E-state index in [1.165, 1.54) is 16.7 Å². The van der Waals surface area contributed by atoms with Gasteiger partial charge >= 0.3 is 21.4 Å². The third-order valence-electron chi connectivity index (χ3n) is 5.81. The second-order valence-electron chi connectivity index (χ2n) is 7.56. The molecule has 30 heavy (non-hydrogen) atoms. The van der Waals surface area contributed by atoms with Crippen molar-refractivity contribution in [1.82, 2.24) is 0 Å². The van der Waals surface area contributed by atoms with Gasteiger partial charge in [-0.2, -0.15) is 0 Å². The fraction of sp³-hybridized carbons (Fsp3) is 0.250. The summed E-state index contributed by atoms with van der Waals surface area (Å²) >= 11 is 0. The summed E-state index contributed by atoms with van der Waals surface area (Å²) in [6.45, 7) is 6.48. The predicted octanol–water partition coefficient (Wildman–Crippen LogP) is 2.92. The summed E-state index contributed by atoms with van der Waals surface area (Å²) in [5.41, 5.74) is 6.90. The van der Waals surface area contributed by atoms with Crippen molar-refractivity contribution in [2.45, 2.75) is 40.0 Å². The van der Waals surface area contributed by atoms with Gasteiger partial charge in [0, 0.05) is 0 Å². The molecule has 1 aliphatic heterocycles. The Morgan fingerprint density at radius 3 is 1.00 bits per heavy atom. The summed E-state index contributed by atoms with van der Waals surface area (Å²) in [7, 11) is -1.46. The number of aryl methyl sites for hydroxylation is 3. The van der Waals surface area contributed by atoms with Crippen LogP contribution in [0.4, 0.5) is 0 Å². The Morgan fingerprint density at radius 2 is 0.733 bits per heavy atom. The van der Waals surface area contributed by atoms with Gasteiger partial charge < -0.3 is 13.7 Å². The molecule has 0 N–H and O–H groups in total. The maximum Gasteiger partial charge on any atom is 0.467 e. The zero-order valence-electron chi connectivity index (χ0n) is 18.0. The first kappa shape index (κ1) is 21.0. The standard InChI is InChI=1S/C24H27B3O3/c1-4-19-13-7-10-16-22(19)25-28-26(23-17-11-8-14-20(23)5-2)30-27(29-25)24-18-12-9-15-21(24)6-3/h7-18H,4-6H2,1-3H3. The van der Waals surface area contributed by atoms with Crippen LogP contribution in [0.3, 0.4) is 0 Å². The summed E-state index contributed by atoms with van der Waals surface area (Å²) in [5, 5.41) is 0. The molecule has 0 atom stereocenters. The number of hydrogen-bond donors (Lipinski definition) is 0. The minimum atomic E-state index is -0.486. The van der Waals surface area contributed by atoms with Gasteiger partial charge in [0.15, 0.2) is 0 Å². The van der Waals surface area contributed by atoms with E-state index >= 15 is 0 Å². The molecule has 150 valence electrons. The number of benzene rings is 3. The minimum Gasteiger partial charge on any atom is -0.445 e. The highest BCUT2D eigenvalue weighted by atomic mass is 16.7. The molecule has 0 bridgehead atoms. The van der Waals surface area contributed by atoms with Crippen molar-refractivity contribution in [2.24, 2.45) is 0 Å². The molecule has 0 radical (unpaired) electrons. The van der Waals surface area contributed by atoms with Gasteiger partial charge in [0.05, 0.1) is 0 Å². The molecule has 0 saturated carbocycles. The zero-order valence-corrected chi connectivity index (χ0v) is 18.0. The minimum absolute atomic E-state index is 0.486. The monoisotopic (exact) mass is 396 g/mol. The third-order valence-corrected chi connectivity index (χ3v) is 5.81. The van der Waals surface area contributed by atoms with Gasteiger partial charge in [-0.1, -0.05) is 93.6 Å². The molecular formula is C24H27B3O3. The molecule has 3 nitrogen and oxygen atoms in total. The first-order valence-electron chi connectivity index (χ1n) is 10.9. The maximum absolute atomic E-state index is 6.42. The summed E-state index contributed by atoms with van der Waals surface area (Å²) in [5.74, 6) is 0. The van der Waals surface area contributed by atoms with Crippen molar-refractivity contribution in [3.8, 4) is 0 Å². The van der Waals surface area contributed by atoms with E-state index in [0.29, 0.717) is 0 Å². The van der Waals surface area contributed by atoms with Gasteiger partial charge in [-0.15, -0.1) is 0 Å². The van der Waals surface area contributed by atoms with E-state index in [1.54, 1.807) is 0 Å². The van der Waals surface area contributed by atoms with Crippen molar-refractivity contribution in [3.05, 3.63) is 89.5 Å². The van der Waals surface area contributed by atoms with E-state index in [9.17, 15) is 0 Å². The SMILES string of the molecule is CCc1ccccc1B1OB(c2ccccc2CC)OB(c2ccccc2CC)O1. The molecule has 0 aliphatic carbocycles. The Hall–Kier alpha value is -2.27. The average Bonchev–Trinajstić information content (AvgIpc) is 2.83. The summed E-state index contributed by atoms with van der Waals surface area (Å²) in [6, 6.07) is 25.0. The fourth-order valence-corrected chi connectivity index (χ4v) is 4.13. The molecule has 0 unspecified atom stereocenters. The Bertz CT molecular complexity index is 861. The van der Waals surface area contributed by atoms with Crippen molar-refractivity contribution in [1.29, 1.82) is 0 Å². The second kappa shape index (κ2) is 9.70. The van der Waals surface area contributed by atoms with Gasteiger partial charge in [-0.25, -0.2) is 0 Å². The summed E-state index contributed by atoms with van der Waals surface area (Å²) in [6.07, 6.45) is 2.77. The largest absolute Gasteiger partial charge is 0.467 e. The Labute approximate surface area is 181 Å². The van der Waals surface area contributed by atoms with Crippen LogP contribution in [0.25, 0.3) is 0 Å². The van der Waals surface area contributed by atoms with Gasteiger partial charge in [0.2, 0.25) is 0 Å². The van der Waals surface area contributed by atoms with Crippen molar-refractivity contribution in [3.63, 3.8) is 0 Å². The van der Waals surface area contributed by atoms with E-state index in [2.05, 4.69) is 75.4 Å². The van der Waals surface area contributed by atoms with E-state index in [1.807, 2.05) is 18.2 Å². The first-order valence-corrected chi connectivity index (χ1v) is 10.9. The average molecular weight is 396 g/mol. The summed E-state index contributed by atoms with van der Waals surface area (Å²) in [4.78, 5) is 0. The van der Waals surface area contributed by atoms with Crippen LogP contribution in [-0.2, 0) is 33.0 Å². The highest BCUT2D eigenvalue weighted by Gasteiger charge is 2.45. The molecule has 3 aromatic rings. The van der Waals surface area contributed by atoms with E-state index < -0.39 is 21.4 Å². The molecule has 1 aliphatic rings. The van der Waals surface area contributed by atoms with Gasteiger partial charge in [0.1, 0.15) is 0 Å². The quantitative estimate of drug-likeness (QED) is 0.601. The van der Waals surface area contributed by atoms with Crippen LogP contribution in [-0.4, -0.2) is 21.4 Å². The molecular weight excluding hydrogens is 369 g/mol. The van der Waals surface area contributed by atoms with Crippen molar-refractivity contribution >= 4 is 37.7 Å². The van der Waals surface area contributed by atoms with E-state index in [0.717, 1.165) is 35.7 Å². The highest BCUT2D eigenvalue weighted by Crippen LogP contribution is 2.15. The molecule has 0 aromatic heterocycles. The first-order chi connectivity index (χ1) is 14.7. The van der Waals surface area contributed by atoms with E-state index in [4.69, 9.17) is 13.7 Å². The van der Waals surface area contributed by atoms with Crippen molar-refractivity contribution in [2.75, 3.05) is 0 Å². The molecule has 1 fully saturated rings. The molecule has 1 heterocycles. The third kappa shape index (κ3) is 4.27. The molecule has 6 heteroatoms. The lowest BCUT2D eigenvalue weighted by atomic mass is 9.59. The molecule has 3 aromatic carbocycles. The predicted molar refractivity (Wildman–Crippen MR) is 127 cm³/mol. The van der Waals surface area contributed by atoms with Gasteiger partial charge in [-0.3, -0.25) is 0 Å². The Kier molecular flexibility index (Phi) is 6.78. The van der Waals surface area contributed by atoms with Gasteiger partial charge in [-0.05, 0) is 52.3 Å². The van der Waals surface area contributed by atoms with Crippen LogP contribution in [0.5, 0.6) is 0 Å². The van der Waals surface area contributed by atoms with Crippen LogP contribution >= 0.6 is 0 Å². The number of hydrogen-bond acceptors (Lipinski definition) is 3. The van der Waals surface area contributed by atoms with Gasteiger partial charge in [0.25, 0.3) is 0 Å². The maximum atomic E-state index is 6.42. The van der Waals surface area contributed by atoms with Crippen LogP contribution in [0.2, 0.25) is 0 Å². The zero-order chi connectivity index (χ0) is 20.9. The normalized spacial score (nSPS) is 14.3. The molecule has 0 spiro atoms. The molecule has 1 saturated heterocycles. The Morgan fingerprint density at radius 1 is 0.467 bits per heavy atom. The lowest BCUT2D eigenvalue weighted by Gasteiger charge is -2.33. The summed E-state index contributed by atoms with van der Waals surface area (Å²) < 4.78 is 19.3. The van der Waals surface area contributed by atoms with Crippen molar-refractivity contribution < 1.29 is 13.7 Å². The second-order valence-corrected chi connectivity index (χ2v) is 7.56. The van der Waals surface area contributed by atoms with E-state index in [-0.39, 0.29) is 0 Å². The van der Waals surface area contributed by atoms with Crippen LogP contribution in [0.1, 0.15) is 37.5 Å². The molecule has 0 amide bonds.